The minimum absolute atomic E-state index is 0.186. The summed E-state index contributed by atoms with van der Waals surface area (Å²) in [5, 5.41) is 3.96. The molecule has 1 aliphatic heterocycles. The molecule has 0 radical (unpaired) electrons. The molecule has 0 aliphatic carbocycles. The smallest absolute Gasteiger partial charge is 0.226 e. The molecule has 0 bridgehead atoms. The van der Waals surface area contributed by atoms with Gasteiger partial charge in [0.25, 0.3) is 0 Å². The average Bonchev–Trinajstić information content (AvgIpc) is 3.44. The van der Waals surface area contributed by atoms with Gasteiger partial charge in [0.15, 0.2) is 5.82 Å². The highest BCUT2D eigenvalue weighted by atomic mass is 32.1. The standard InChI is InChI=1S/C24H29FN4O2S/c1-17(2)24-26-22(31-27-24)8-5-9-23(30)29-14-12-28(13-15-29)16-18-10-11-21(32-18)19-6-3-4-7-20(19)25/h3-4,6-7,10-11,17H,5,8-9,12-16H2,1-2H3. The molecule has 1 fully saturated rings. The number of hydrogen-bond donors (Lipinski definition) is 0. The maximum absolute atomic E-state index is 14.0. The molecule has 4 rings (SSSR count). The molecule has 1 aliphatic rings. The van der Waals surface area contributed by atoms with E-state index in [-0.39, 0.29) is 17.6 Å². The summed E-state index contributed by atoms with van der Waals surface area (Å²) in [6.45, 7) is 8.05. The van der Waals surface area contributed by atoms with Crippen LogP contribution in [-0.2, 0) is 17.8 Å². The van der Waals surface area contributed by atoms with Crippen LogP contribution in [0.3, 0.4) is 0 Å². The molecule has 1 saturated heterocycles. The lowest BCUT2D eigenvalue weighted by atomic mass is 10.2. The normalized spacial score (nSPS) is 14.9. The van der Waals surface area contributed by atoms with Gasteiger partial charge in [-0.1, -0.05) is 37.2 Å². The largest absolute Gasteiger partial charge is 0.340 e. The van der Waals surface area contributed by atoms with E-state index in [0.29, 0.717) is 36.5 Å². The number of hydrogen-bond acceptors (Lipinski definition) is 6. The summed E-state index contributed by atoms with van der Waals surface area (Å²) in [4.78, 5) is 23.4. The number of amides is 1. The van der Waals surface area contributed by atoms with Gasteiger partial charge in [0.2, 0.25) is 11.8 Å². The molecule has 0 atom stereocenters. The predicted octanol–water partition coefficient (Wildman–Crippen LogP) is 4.73. The number of aryl methyl sites for hydroxylation is 1. The zero-order valence-corrected chi connectivity index (χ0v) is 19.4. The fourth-order valence-corrected chi connectivity index (χ4v) is 4.87. The van der Waals surface area contributed by atoms with Crippen LogP contribution in [-0.4, -0.2) is 52.0 Å². The summed E-state index contributed by atoms with van der Waals surface area (Å²) < 4.78 is 19.3. The number of benzene rings is 1. The second kappa shape index (κ2) is 10.4. The molecular weight excluding hydrogens is 427 g/mol. The minimum Gasteiger partial charge on any atom is -0.340 e. The maximum Gasteiger partial charge on any atom is 0.226 e. The van der Waals surface area contributed by atoms with Crippen LogP contribution in [0.2, 0.25) is 0 Å². The van der Waals surface area contributed by atoms with Gasteiger partial charge < -0.3 is 9.42 Å². The first-order chi connectivity index (χ1) is 15.5. The summed E-state index contributed by atoms with van der Waals surface area (Å²) >= 11 is 1.63. The van der Waals surface area contributed by atoms with Crippen LogP contribution in [0.15, 0.2) is 40.9 Å². The zero-order chi connectivity index (χ0) is 22.5. The number of thiophene rings is 1. The van der Waals surface area contributed by atoms with E-state index in [2.05, 4.69) is 21.1 Å². The lowest BCUT2D eigenvalue weighted by Crippen LogP contribution is -2.48. The number of carbonyl (C=O) groups is 1. The van der Waals surface area contributed by atoms with Crippen molar-refractivity contribution in [2.45, 2.75) is 45.6 Å². The molecule has 0 unspecified atom stereocenters. The number of halogens is 1. The van der Waals surface area contributed by atoms with Gasteiger partial charge in [-0.3, -0.25) is 9.69 Å². The van der Waals surface area contributed by atoms with Crippen molar-refractivity contribution in [2.24, 2.45) is 0 Å². The molecular formula is C24H29FN4O2S. The zero-order valence-electron chi connectivity index (χ0n) is 18.6. The van der Waals surface area contributed by atoms with Crippen LogP contribution in [0, 0.1) is 5.82 Å². The molecule has 2 aromatic heterocycles. The van der Waals surface area contributed by atoms with Crippen molar-refractivity contribution in [3.05, 3.63) is 58.8 Å². The molecule has 6 nitrogen and oxygen atoms in total. The Kier molecular flexibility index (Phi) is 7.32. The van der Waals surface area contributed by atoms with Crippen molar-refractivity contribution in [3.8, 4) is 10.4 Å². The Labute approximate surface area is 192 Å². The predicted molar refractivity (Wildman–Crippen MR) is 123 cm³/mol. The number of nitrogens with zero attached hydrogens (tertiary/aromatic N) is 4. The SMILES string of the molecule is CC(C)c1noc(CCCC(=O)N2CCN(Cc3ccc(-c4ccccc4F)s3)CC2)n1. The first-order valence-corrected chi connectivity index (χ1v) is 12.0. The topological polar surface area (TPSA) is 62.5 Å². The Morgan fingerprint density at radius 3 is 2.66 bits per heavy atom. The summed E-state index contributed by atoms with van der Waals surface area (Å²) in [6.07, 6.45) is 1.84. The maximum atomic E-state index is 14.0. The Morgan fingerprint density at radius 2 is 1.94 bits per heavy atom. The molecule has 32 heavy (non-hydrogen) atoms. The van der Waals surface area contributed by atoms with Gasteiger partial charge in [-0.15, -0.1) is 11.3 Å². The van der Waals surface area contributed by atoms with Gasteiger partial charge >= 0.3 is 0 Å². The third kappa shape index (κ3) is 5.61. The van der Waals surface area contributed by atoms with Gasteiger partial charge in [0.05, 0.1) is 0 Å². The highest BCUT2D eigenvalue weighted by Gasteiger charge is 2.21. The molecule has 8 heteroatoms. The fraction of sp³-hybridized carbons (Fsp3) is 0.458. The number of carbonyl (C=O) groups excluding carboxylic acids is 1. The minimum atomic E-state index is -0.188. The summed E-state index contributed by atoms with van der Waals surface area (Å²) in [6, 6.07) is 11.0. The molecule has 1 aromatic carbocycles. The quantitative estimate of drug-likeness (QED) is 0.490. The Bertz CT molecular complexity index is 1040. The summed E-state index contributed by atoms with van der Waals surface area (Å²) in [7, 11) is 0. The van der Waals surface area contributed by atoms with Crippen molar-refractivity contribution >= 4 is 17.2 Å². The van der Waals surface area contributed by atoms with Crippen LogP contribution in [0.25, 0.3) is 10.4 Å². The van der Waals surface area contributed by atoms with Crippen molar-refractivity contribution in [1.82, 2.24) is 19.9 Å². The highest BCUT2D eigenvalue weighted by Crippen LogP contribution is 2.30. The van der Waals surface area contributed by atoms with Gasteiger partial charge in [0, 0.05) is 66.8 Å². The Morgan fingerprint density at radius 1 is 1.16 bits per heavy atom. The van der Waals surface area contributed by atoms with Crippen molar-refractivity contribution < 1.29 is 13.7 Å². The van der Waals surface area contributed by atoms with E-state index in [1.54, 1.807) is 17.4 Å². The number of piperazine rings is 1. The first-order valence-electron chi connectivity index (χ1n) is 11.2. The second-order valence-corrected chi connectivity index (χ2v) is 9.63. The monoisotopic (exact) mass is 456 g/mol. The van der Waals surface area contributed by atoms with E-state index in [1.165, 1.54) is 10.9 Å². The average molecular weight is 457 g/mol. The van der Waals surface area contributed by atoms with E-state index in [1.807, 2.05) is 36.9 Å². The third-order valence-corrected chi connectivity index (χ3v) is 6.79. The summed E-state index contributed by atoms with van der Waals surface area (Å²) in [5.74, 6) is 1.57. The number of aromatic nitrogens is 2. The van der Waals surface area contributed by atoms with Crippen LogP contribution in [0.4, 0.5) is 4.39 Å². The second-order valence-electron chi connectivity index (χ2n) is 8.46. The summed E-state index contributed by atoms with van der Waals surface area (Å²) in [5.41, 5.74) is 0.653. The fourth-order valence-electron chi connectivity index (χ4n) is 3.80. The van der Waals surface area contributed by atoms with Crippen LogP contribution in [0.5, 0.6) is 0 Å². The third-order valence-electron chi connectivity index (χ3n) is 5.69. The van der Waals surface area contributed by atoms with E-state index in [9.17, 15) is 9.18 Å². The van der Waals surface area contributed by atoms with Gasteiger partial charge in [-0.05, 0) is 24.6 Å². The van der Waals surface area contributed by atoms with E-state index >= 15 is 0 Å². The Balaban J connectivity index is 1.20. The van der Waals surface area contributed by atoms with Crippen molar-refractivity contribution in [1.29, 1.82) is 0 Å². The van der Waals surface area contributed by atoms with E-state index in [4.69, 9.17) is 4.52 Å². The van der Waals surface area contributed by atoms with E-state index < -0.39 is 0 Å². The Hall–Kier alpha value is -2.58. The lowest BCUT2D eigenvalue weighted by Gasteiger charge is -2.34. The highest BCUT2D eigenvalue weighted by molar-refractivity contribution is 7.15. The van der Waals surface area contributed by atoms with Gasteiger partial charge in [-0.25, -0.2) is 4.39 Å². The lowest BCUT2D eigenvalue weighted by molar-refractivity contribution is -0.133. The van der Waals surface area contributed by atoms with Crippen LogP contribution < -0.4 is 0 Å². The number of rotatable bonds is 8. The molecule has 3 aromatic rings. The first kappa shape index (κ1) is 22.6. The van der Waals surface area contributed by atoms with Crippen LogP contribution >= 0.6 is 11.3 Å². The molecule has 3 heterocycles. The van der Waals surface area contributed by atoms with E-state index in [0.717, 1.165) is 37.6 Å². The molecule has 1 amide bonds. The molecule has 0 N–H and O–H groups in total. The van der Waals surface area contributed by atoms with Crippen LogP contribution in [0.1, 0.15) is 49.2 Å². The molecule has 170 valence electrons. The van der Waals surface area contributed by atoms with Gasteiger partial charge in [0.1, 0.15) is 5.82 Å². The van der Waals surface area contributed by atoms with Crippen molar-refractivity contribution in [2.75, 3.05) is 26.2 Å². The van der Waals surface area contributed by atoms with Gasteiger partial charge in [-0.2, -0.15) is 4.98 Å². The molecule has 0 spiro atoms. The molecule has 0 saturated carbocycles. The van der Waals surface area contributed by atoms with Crippen molar-refractivity contribution in [3.63, 3.8) is 0 Å².